The number of hydrogen-bond donors (Lipinski definition) is 2. The molecule has 1 aromatic rings. The van der Waals surface area contributed by atoms with Gasteiger partial charge < -0.3 is 15.3 Å². The predicted molar refractivity (Wildman–Crippen MR) is 75.2 cm³/mol. The van der Waals surface area contributed by atoms with Crippen LogP contribution < -0.4 is 5.32 Å². The first-order valence-electron chi connectivity index (χ1n) is 5.95. The van der Waals surface area contributed by atoms with E-state index >= 15 is 0 Å². The molecule has 21 heavy (non-hydrogen) atoms. The van der Waals surface area contributed by atoms with Crippen LogP contribution in [-0.4, -0.2) is 40.5 Å². The highest BCUT2D eigenvalue weighted by Gasteiger charge is 2.13. The fraction of sp³-hybridized carbons (Fsp3) is 0.333. The van der Waals surface area contributed by atoms with Crippen molar-refractivity contribution in [2.45, 2.75) is 13.0 Å². The van der Waals surface area contributed by atoms with Crippen molar-refractivity contribution in [2.24, 2.45) is 0 Å². The Kier molecular flexibility index (Phi) is 5.92. The van der Waals surface area contributed by atoms with Gasteiger partial charge in [-0.1, -0.05) is 11.6 Å². The lowest BCUT2D eigenvalue weighted by molar-refractivity contribution is -0.384. The van der Waals surface area contributed by atoms with Gasteiger partial charge in [-0.25, -0.2) is 4.79 Å². The number of hydrogen-bond acceptors (Lipinski definition) is 4. The molecule has 0 unspecified atom stereocenters. The van der Waals surface area contributed by atoms with Gasteiger partial charge in [0.2, 0.25) is 0 Å². The molecule has 2 amide bonds. The molecule has 0 aliphatic carbocycles. The SMILES string of the molecule is CN(CCC(=O)O)C(=O)NCc1cc([N+](=O)[O-])ccc1Cl. The lowest BCUT2D eigenvalue weighted by Crippen LogP contribution is -2.38. The number of non-ortho nitro benzene ring substituents is 1. The number of urea groups is 1. The zero-order chi connectivity index (χ0) is 16.0. The number of nitrogens with one attached hydrogen (secondary N) is 1. The molecule has 0 bridgehead atoms. The number of nitro benzene ring substituents is 1. The van der Waals surface area contributed by atoms with Gasteiger partial charge in [-0.15, -0.1) is 0 Å². The molecule has 0 aromatic heterocycles. The number of nitro groups is 1. The fourth-order valence-electron chi connectivity index (χ4n) is 1.48. The van der Waals surface area contributed by atoms with Crippen molar-refractivity contribution in [2.75, 3.05) is 13.6 Å². The van der Waals surface area contributed by atoms with Gasteiger partial charge in [-0.2, -0.15) is 0 Å². The number of rotatable bonds is 6. The van der Waals surface area contributed by atoms with Crippen LogP contribution in [0.15, 0.2) is 18.2 Å². The average molecular weight is 316 g/mol. The number of carboxylic acids is 1. The molecule has 0 saturated carbocycles. The zero-order valence-corrected chi connectivity index (χ0v) is 12.0. The Morgan fingerprint density at radius 1 is 1.48 bits per heavy atom. The highest BCUT2D eigenvalue weighted by Crippen LogP contribution is 2.21. The predicted octanol–water partition coefficient (Wildman–Crippen LogP) is 1.86. The number of benzene rings is 1. The molecule has 0 radical (unpaired) electrons. The second kappa shape index (κ2) is 7.44. The first-order chi connectivity index (χ1) is 9.81. The molecule has 1 rings (SSSR count). The summed E-state index contributed by atoms with van der Waals surface area (Å²) in [7, 11) is 1.45. The van der Waals surface area contributed by atoms with E-state index in [2.05, 4.69) is 5.32 Å². The Morgan fingerprint density at radius 3 is 2.71 bits per heavy atom. The van der Waals surface area contributed by atoms with Crippen LogP contribution in [0.1, 0.15) is 12.0 Å². The van der Waals surface area contributed by atoms with Gasteiger partial charge in [0.25, 0.3) is 5.69 Å². The Labute approximate surface area is 125 Å². The first-order valence-corrected chi connectivity index (χ1v) is 6.32. The Bertz CT molecular complexity index is 564. The smallest absolute Gasteiger partial charge is 0.317 e. The minimum absolute atomic E-state index is 0.0107. The second-order valence-corrected chi connectivity index (χ2v) is 4.66. The van der Waals surface area contributed by atoms with Crippen LogP contribution in [0, 0.1) is 10.1 Å². The number of aliphatic carboxylic acids is 1. The van der Waals surface area contributed by atoms with Crippen LogP contribution in [0.4, 0.5) is 10.5 Å². The maximum atomic E-state index is 11.7. The summed E-state index contributed by atoms with van der Waals surface area (Å²) in [6.07, 6.45) is -0.165. The first kappa shape index (κ1) is 16.7. The van der Waals surface area contributed by atoms with Crippen LogP contribution >= 0.6 is 11.6 Å². The number of carbonyl (C=O) groups is 2. The van der Waals surface area contributed by atoms with E-state index in [4.69, 9.17) is 16.7 Å². The summed E-state index contributed by atoms with van der Waals surface area (Å²) < 4.78 is 0. The minimum Gasteiger partial charge on any atom is -0.481 e. The largest absolute Gasteiger partial charge is 0.481 e. The van der Waals surface area contributed by atoms with Gasteiger partial charge in [0, 0.05) is 37.3 Å². The van der Waals surface area contributed by atoms with Crippen LogP contribution in [0.25, 0.3) is 0 Å². The minimum atomic E-state index is -1.00. The molecule has 0 saturated heterocycles. The molecular formula is C12H14ClN3O5. The number of carbonyl (C=O) groups excluding carboxylic acids is 1. The molecule has 0 atom stereocenters. The van der Waals surface area contributed by atoms with E-state index in [1.165, 1.54) is 30.1 Å². The van der Waals surface area contributed by atoms with Gasteiger partial charge in [-0.05, 0) is 11.6 Å². The monoisotopic (exact) mass is 315 g/mol. The van der Waals surface area contributed by atoms with E-state index in [1.54, 1.807) is 0 Å². The molecule has 2 N–H and O–H groups in total. The number of halogens is 1. The molecule has 0 aliphatic heterocycles. The second-order valence-electron chi connectivity index (χ2n) is 4.26. The molecule has 0 spiro atoms. The molecular weight excluding hydrogens is 302 g/mol. The van der Waals surface area contributed by atoms with Crippen molar-refractivity contribution in [1.29, 1.82) is 0 Å². The van der Waals surface area contributed by atoms with Gasteiger partial charge in [0.15, 0.2) is 0 Å². The third kappa shape index (κ3) is 5.27. The average Bonchev–Trinajstić information content (AvgIpc) is 2.43. The molecule has 8 nitrogen and oxygen atoms in total. The maximum absolute atomic E-state index is 11.7. The highest BCUT2D eigenvalue weighted by atomic mass is 35.5. The summed E-state index contributed by atoms with van der Waals surface area (Å²) in [5.41, 5.74) is 0.286. The molecule has 0 heterocycles. The fourth-order valence-corrected chi connectivity index (χ4v) is 1.67. The van der Waals surface area contributed by atoms with Crippen LogP contribution in [-0.2, 0) is 11.3 Å². The van der Waals surface area contributed by atoms with Crippen LogP contribution in [0.5, 0.6) is 0 Å². The van der Waals surface area contributed by atoms with Crippen molar-refractivity contribution in [3.05, 3.63) is 38.9 Å². The van der Waals surface area contributed by atoms with Crippen molar-refractivity contribution in [1.82, 2.24) is 10.2 Å². The number of nitrogens with zero attached hydrogens (tertiary/aromatic N) is 2. The molecule has 0 fully saturated rings. The summed E-state index contributed by atoms with van der Waals surface area (Å²) in [5, 5.41) is 22.0. The normalized spacial score (nSPS) is 10.0. The van der Waals surface area contributed by atoms with Crippen molar-refractivity contribution >= 4 is 29.3 Å². The standard InChI is InChI=1S/C12H14ClN3O5/c1-15(5-4-11(17)18)12(19)14-7-8-6-9(16(20)21)2-3-10(8)13/h2-3,6H,4-5,7H2,1H3,(H,14,19)(H,17,18). The van der Waals surface area contributed by atoms with E-state index in [-0.39, 0.29) is 25.2 Å². The summed E-state index contributed by atoms with van der Waals surface area (Å²) in [5.74, 6) is -1.00. The van der Waals surface area contributed by atoms with Crippen molar-refractivity contribution in [3.63, 3.8) is 0 Å². The lowest BCUT2D eigenvalue weighted by Gasteiger charge is -2.17. The van der Waals surface area contributed by atoms with Gasteiger partial charge in [0.1, 0.15) is 0 Å². The Hall–Kier alpha value is -2.35. The number of amides is 2. The third-order valence-corrected chi connectivity index (χ3v) is 3.05. The number of carboxylic acid groups (broad SMARTS) is 1. The summed E-state index contributed by atoms with van der Waals surface area (Å²) in [4.78, 5) is 33.4. The quantitative estimate of drug-likeness (QED) is 0.614. The van der Waals surface area contributed by atoms with Crippen LogP contribution in [0.2, 0.25) is 5.02 Å². The van der Waals surface area contributed by atoms with E-state index in [0.717, 1.165) is 0 Å². The van der Waals surface area contributed by atoms with E-state index in [9.17, 15) is 19.7 Å². The molecule has 9 heteroatoms. The topological polar surface area (TPSA) is 113 Å². The highest BCUT2D eigenvalue weighted by molar-refractivity contribution is 6.31. The van der Waals surface area contributed by atoms with Gasteiger partial charge in [-0.3, -0.25) is 14.9 Å². The molecule has 0 aliphatic rings. The van der Waals surface area contributed by atoms with E-state index in [1.807, 2.05) is 0 Å². The molecule has 1 aromatic carbocycles. The van der Waals surface area contributed by atoms with Gasteiger partial charge in [0.05, 0.1) is 11.3 Å². The Morgan fingerprint density at radius 2 is 2.14 bits per heavy atom. The zero-order valence-electron chi connectivity index (χ0n) is 11.2. The Balaban J connectivity index is 2.62. The van der Waals surface area contributed by atoms with E-state index < -0.39 is 16.9 Å². The summed E-state index contributed by atoms with van der Waals surface area (Å²) in [6, 6.07) is 3.45. The summed E-state index contributed by atoms with van der Waals surface area (Å²) >= 11 is 5.90. The van der Waals surface area contributed by atoms with E-state index in [0.29, 0.717) is 10.6 Å². The van der Waals surface area contributed by atoms with Crippen molar-refractivity contribution in [3.8, 4) is 0 Å². The van der Waals surface area contributed by atoms with Gasteiger partial charge >= 0.3 is 12.0 Å². The molecule has 114 valence electrons. The lowest BCUT2D eigenvalue weighted by atomic mass is 10.2. The third-order valence-electron chi connectivity index (χ3n) is 2.68. The van der Waals surface area contributed by atoms with Crippen molar-refractivity contribution < 1.29 is 19.6 Å². The maximum Gasteiger partial charge on any atom is 0.317 e. The summed E-state index contributed by atoms with van der Waals surface area (Å²) in [6.45, 7) is 0.0700. The van der Waals surface area contributed by atoms with Crippen LogP contribution in [0.3, 0.4) is 0 Å².